The van der Waals surface area contributed by atoms with Crippen LogP contribution in [-0.2, 0) is 0 Å². The van der Waals surface area contributed by atoms with Gasteiger partial charge in [0.25, 0.3) is 0 Å². The molecule has 4 heteroatoms. The lowest BCUT2D eigenvalue weighted by molar-refractivity contribution is 0.452. The van der Waals surface area contributed by atoms with Crippen molar-refractivity contribution in [2.24, 2.45) is 5.73 Å². The molecule has 3 N–H and O–H groups in total. The first-order valence-corrected chi connectivity index (χ1v) is 6.36. The molecule has 0 amide bonds. The topological polar surface area (TPSA) is 55.9 Å². The van der Waals surface area contributed by atoms with Gasteiger partial charge in [-0.15, -0.1) is 0 Å². The molecule has 94 valence electrons. The Morgan fingerprint density at radius 3 is 2.71 bits per heavy atom. The summed E-state index contributed by atoms with van der Waals surface area (Å²) in [4.78, 5) is 0. The molecule has 0 aromatic carbocycles. The van der Waals surface area contributed by atoms with E-state index in [4.69, 9.17) is 5.73 Å². The SMILES string of the molecule is CC(C)n1cc(C(CN)NC2CC=CC2)cn1. The summed E-state index contributed by atoms with van der Waals surface area (Å²) in [5, 5.41) is 7.96. The lowest BCUT2D eigenvalue weighted by Crippen LogP contribution is -2.35. The predicted octanol–water partition coefficient (Wildman–Crippen LogP) is 1.77. The van der Waals surface area contributed by atoms with Crippen LogP contribution in [0.1, 0.15) is 44.3 Å². The molecule has 0 aliphatic heterocycles. The largest absolute Gasteiger partial charge is 0.329 e. The fraction of sp³-hybridized carbons (Fsp3) is 0.615. The summed E-state index contributed by atoms with van der Waals surface area (Å²) in [6, 6.07) is 1.15. The molecule has 1 heterocycles. The second-order valence-corrected chi connectivity index (χ2v) is 4.94. The van der Waals surface area contributed by atoms with Crippen LogP contribution in [0.2, 0.25) is 0 Å². The molecular formula is C13H22N4. The van der Waals surface area contributed by atoms with Crippen molar-refractivity contribution in [3.05, 3.63) is 30.1 Å². The monoisotopic (exact) mass is 234 g/mol. The maximum Gasteiger partial charge on any atom is 0.0538 e. The third kappa shape index (κ3) is 2.96. The average Bonchev–Trinajstić information content (AvgIpc) is 2.96. The summed E-state index contributed by atoms with van der Waals surface area (Å²) in [6.45, 7) is 4.87. The van der Waals surface area contributed by atoms with Crippen LogP contribution in [0.25, 0.3) is 0 Å². The minimum atomic E-state index is 0.215. The van der Waals surface area contributed by atoms with Gasteiger partial charge in [0.2, 0.25) is 0 Å². The molecule has 0 bridgehead atoms. The number of aromatic nitrogens is 2. The molecule has 0 saturated heterocycles. The van der Waals surface area contributed by atoms with Crippen molar-refractivity contribution in [3.8, 4) is 0 Å². The van der Waals surface area contributed by atoms with E-state index in [1.165, 1.54) is 5.56 Å². The van der Waals surface area contributed by atoms with Crippen LogP contribution in [-0.4, -0.2) is 22.4 Å². The van der Waals surface area contributed by atoms with E-state index < -0.39 is 0 Å². The maximum atomic E-state index is 5.85. The van der Waals surface area contributed by atoms with Crippen LogP contribution in [0.15, 0.2) is 24.5 Å². The maximum absolute atomic E-state index is 5.85. The molecule has 0 radical (unpaired) electrons. The normalized spacial score (nSPS) is 18.1. The van der Waals surface area contributed by atoms with Gasteiger partial charge in [0.1, 0.15) is 0 Å². The van der Waals surface area contributed by atoms with E-state index in [2.05, 4.69) is 42.6 Å². The van der Waals surface area contributed by atoms with E-state index in [1.54, 1.807) is 0 Å². The fourth-order valence-corrected chi connectivity index (χ4v) is 2.15. The second kappa shape index (κ2) is 5.47. The molecular weight excluding hydrogens is 212 g/mol. The van der Waals surface area contributed by atoms with Gasteiger partial charge < -0.3 is 11.1 Å². The van der Waals surface area contributed by atoms with Crippen LogP contribution < -0.4 is 11.1 Å². The van der Waals surface area contributed by atoms with E-state index in [0.717, 1.165) is 12.8 Å². The van der Waals surface area contributed by atoms with Crippen molar-refractivity contribution in [2.75, 3.05) is 6.54 Å². The fourth-order valence-electron chi connectivity index (χ4n) is 2.15. The van der Waals surface area contributed by atoms with Gasteiger partial charge in [0.05, 0.1) is 6.20 Å². The second-order valence-electron chi connectivity index (χ2n) is 4.94. The van der Waals surface area contributed by atoms with Gasteiger partial charge >= 0.3 is 0 Å². The number of nitrogens with zero attached hydrogens (tertiary/aromatic N) is 2. The first kappa shape index (κ1) is 12.3. The summed E-state index contributed by atoms with van der Waals surface area (Å²) in [5.74, 6) is 0. The van der Waals surface area contributed by atoms with Gasteiger partial charge in [-0.1, -0.05) is 12.2 Å². The molecule has 1 aliphatic rings. The number of hydrogen-bond acceptors (Lipinski definition) is 3. The number of hydrogen-bond donors (Lipinski definition) is 2. The summed E-state index contributed by atoms with van der Waals surface area (Å²) < 4.78 is 1.98. The quantitative estimate of drug-likeness (QED) is 0.763. The van der Waals surface area contributed by atoms with Gasteiger partial charge in [0.15, 0.2) is 0 Å². The van der Waals surface area contributed by atoms with Crippen LogP contribution in [0.4, 0.5) is 0 Å². The molecule has 1 aliphatic carbocycles. The number of nitrogens with two attached hydrogens (primary N) is 1. The van der Waals surface area contributed by atoms with E-state index in [0.29, 0.717) is 18.6 Å². The first-order chi connectivity index (χ1) is 8.20. The Labute approximate surface area is 103 Å². The van der Waals surface area contributed by atoms with Gasteiger partial charge in [-0.3, -0.25) is 4.68 Å². The third-order valence-corrected chi connectivity index (χ3v) is 3.23. The van der Waals surface area contributed by atoms with E-state index in [9.17, 15) is 0 Å². The minimum Gasteiger partial charge on any atom is -0.329 e. The highest BCUT2D eigenvalue weighted by molar-refractivity contribution is 5.12. The van der Waals surface area contributed by atoms with Gasteiger partial charge in [0, 0.05) is 36.4 Å². The van der Waals surface area contributed by atoms with E-state index in [1.807, 2.05) is 10.9 Å². The Morgan fingerprint density at radius 2 is 2.18 bits per heavy atom. The van der Waals surface area contributed by atoms with Gasteiger partial charge in [-0.25, -0.2) is 0 Å². The van der Waals surface area contributed by atoms with Crippen molar-refractivity contribution >= 4 is 0 Å². The van der Waals surface area contributed by atoms with E-state index in [-0.39, 0.29) is 6.04 Å². The van der Waals surface area contributed by atoms with Crippen molar-refractivity contribution in [2.45, 2.75) is 44.8 Å². The number of rotatable bonds is 5. The zero-order chi connectivity index (χ0) is 12.3. The lowest BCUT2D eigenvalue weighted by atomic mass is 10.1. The molecule has 4 nitrogen and oxygen atoms in total. The van der Waals surface area contributed by atoms with Crippen molar-refractivity contribution in [1.29, 1.82) is 0 Å². The van der Waals surface area contributed by atoms with Gasteiger partial charge in [-0.05, 0) is 26.7 Å². The third-order valence-electron chi connectivity index (χ3n) is 3.23. The summed E-state index contributed by atoms with van der Waals surface area (Å²) in [6.07, 6.45) is 10.7. The van der Waals surface area contributed by atoms with Crippen molar-refractivity contribution in [3.63, 3.8) is 0 Å². The Hall–Kier alpha value is -1.13. The molecule has 0 fully saturated rings. The first-order valence-electron chi connectivity index (χ1n) is 6.36. The summed E-state index contributed by atoms with van der Waals surface area (Å²) >= 11 is 0. The van der Waals surface area contributed by atoms with Crippen LogP contribution in [0, 0.1) is 0 Å². The summed E-state index contributed by atoms with van der Waals surface area (Å²) in [7, 11) is 0. The zero-order valence-corrected chi connectivity index (χ0v) is 10.6. The van der Waals surface area contributed by atoms with E-state index >= 15 is 0 Å². The Bertz CT molecular complexity index is 373. The molecule has 17 heavy (non-hydrogen) atoms. The standard InChI is InChI=1S/C13H22N4/c1-10(2)17-9-11(8-15-17)13(7-14)16-12-5-3-4-6-12/h3-4,8-10,12-13,16H,5-7,14H2,1-2H3. The molecule has 1 atom stereocenters. The highest BCUT2D eigenvalue weighted by atomic mass is 15.3. The average molecular weight is 234 g/mol. The number of nitrogens with one attached hydrogen (secondary N) is 1. The lowest BCUT2D eigenvalue weighted by Gasteiger charge is -2.20. The summed E-state index contributed by atoms with van der Waals surface area (Å²) in [5.41, 5.74) is 7.04. The van der Waals surface area contributed by atoms with Crippen molar-refractivity contribution in [1.82, 2.24) is 15.1 Å². The van der Waals surface area contributed by atoms with Crippen LogP contribution >= 0.6 is 0 Å². The zero-order valence-electron chi connectivity index (χ0n) is 10.6. The Morgan fingerprint density at radius 1 is 1.47 bits per heavy atom. The molecule has 1 aromatic heterocycles. The van der Waals surface area contributed by atoms with Crippen molar-refractivity contribution < 1.29 is 0 Å². The Kier molecular flexibility index (Phi) is 3.97. The van der Waals surface area contributed by atoms with Crippen LogP contribution in [0.3, 0.4) is 0 Å². The molecule has 0 saturated carbocycles. The predicted molar refractivity (Wildman–Crippen MR) is 69.7 cm³/mol. The smallest absolute Gasteiger partial charge is 0.0538 e. The molecule has 0 spiro atoms. The molecule has 1 unspecified atom stereocenters. The highest BCUT2D eigenvalue weighted by Crippen LogP contribution is 2.18. The van der Waals surface area contributed by atoms with Gasteiger partial charge in [-0.2, -0.15) is 5.10 Å². The molecule has 1 aromatic rings. The minimum absolute atomic E-state index is 0.215. The Balaban J connectivity index is 2.00. The molecule has 2 rings (SSSR count). The highest BCUT2D eigenvalue weighted by Gasteiger charge is 2.18. The van der Waals surface area contributed by atoms with Crippen LogP contribution in [0.5, 0.6) is 0 Å².